The van der Waals surface area contributed by atoms with Crippen molar-refractivity contribution in [1.29, 1.82) is 0 Å². The lowest BCUT2D eigenvalue weighted by atomic mass is 10.1. The second-order valence-electron chi connectivity index (χ2n) is 6.36. The lowest BCUT2D eigenvalue weighted by molar-refractivity contribution is -0.114. The van der Waals surface area contributed by atoms with E-state index >= 15 is 0 Å². The van der Waals surface area contributed by atoms with E-state index in [1.54, 1.807) is 33.3 Å². The van der Waals surface area contributed by atoms with Crippen molar-refractivity contribution in [2.75, 3.05) is 34.9 Å². The van der Waals surface area contributed by atoms with Crippen LogP contribution < -0.4 is 14.8 Å². The first kappa shape index (κ1) is 20.3. The molecule has 0 aliphatic heterocycles. The number of carbonyl (C=O) groups is 1. The largest absolute Gasteiger partial charge is 0.493 e. The molecule has 0 atom stereocenters. The number of nitrogens with one attached hydrogen (secondary N) is 1. The quantitative estimate of drug-likeness (QED) is 0.574. The summed E-state index contributed by atoms with van der Waals surface area (Å²) in [4.78, 5) is 12.7. The van der Waals surface area contributed by atoms with Crippen molar-refractivity contribution in [2.45, 2.75) is 13.3 Å². The molecule has 6 heteroatoms. The first-order valence-electron chi connectivity index (χ1n) is 8.76. The minimum atomic E-state index is -0.201. The number of benzene rings is 2. The third-order valence-electron chi connectivity index (χ3n) is 3.99. The average molecular weight is 369 g/mol. The summed E-state index contributed by atoms with van der Waals surface area (Å²) in [5, 5.41) is 8.93. The van der Waals surface area contributed by atoms with Gasteiger partial charge in [0.2, 0.25) is 0 Å². The molecule has 0 spiro atoms. The molecule has 144 valence electrons. The summed E-state index contributed by atoms with van der Waals surface area (Å²) in [7, 11) is 6.81. The van der Waals surface area contributed by atoms with E-state index < -0.39 is 0 Å². The standard InChI is InChI=1S/C21H27N3O3/c1-15-6-9-17(10-7-15)20(23-24(2)3)21(25)22-13-12-16-8-11-18(26-4)19(14-16)27-5/h6-11,14H,12-13H2,1-5H3,(H,22,25). The van der Waals surface area contributed by atoms with Gasteiger partial charge >= 0.3 is 0 Å². The minimum Gasteiger partial charge on any atom is -0.493 e. The molecule has 0 aromatic heterocycles. The van der Waals surface area contributed by atoms with Gasteiger partial charge in [-0.1, -0.05) is 35.9 Å². The van der Waals surface area contributed by atoms with E-state index in [-0.39, 0.29) is 5.91 Å². The summed E-state index contributed by atoms with van der Waals surface area (Å²) < 4.78 is 10.6. The summed E-state index contributed by atoms with van der Waals surface area (Å²) >= 11 is 0. The van der Waals surface area contributed by atoms with E-state index in [2.05, 4.69) is 10.4 Å². The zero-order chi connectivity index (χ0) is 19.8. The molecule has 0 aliphatic rings. The number of carbonyl (C=O) groups excluding carboxylic acids is 1. The number of rotatable bonds is 8. The minimum absolute atomic E-state index is 0.201. The van der Waals surface area contributed by atoms with E-state index in [9.17, 15) is 4.79 Å². The number of hydrazone groups is 1. The van der Waals surface area contributed by atoms with Crippen LogP contribution in [0.25, 0.3) is 0 Å². The Bertz CT molecular complexity index is 799. The molecule has 27 heavy (non-hydrogen) atoms. The van der Waals surface area contributed by atoms with Crippen LogP contribution in [0.2, 0.25) is 0 Å². The Morgan fingerprint density at radius 3 is 2.30 bits per heavy atom. The number of hydrogen-bond donors (Lipinski definition) is 1. The number of ether oxygens (including phenoxy) is 2. The van der Waals surface area contributed by atoms with Gasteiger partial charge in [-0.3, -0.25) is 4.79 Å². The average Bonchev–Trinajstić information content (AvgIpc) is 2.66. The molecule has 0 fully saturated rings. The Hall–Kier alpha value is -3.02. The lowest BCUT2D eigenvalue weighted by Crippen LogP contribution is -2.34. The zero-order valence-corrected chi connectivity index (χ0v) is 16.6. The lowest BCUT2D eigenvalue weighted by Gasteiger charge is -2.13. The van der Waals surface area contributed by atoms with Gasteiger partial charge in [-0.25, -0.2) is 0 Å². The summed E-state index contributed by atoms with van der Waals surface area (Å²) in [6, 6.07) is 13.5. The van der Waals surface area contributed by atoms with E-state index in [1.165, 1.54) is 0 Å². The predicted octanol–water partition coefficient (Wildman–Crippen LogP) is 2.64. The summed E-state index contributed by atoms with van der Waals surface area (Å²) in [6.07, 6.45) is 0.676. The Balaban J connectivity index is 2.05. The highest BCUT2D eigenvalue weighted by atomic mass is 16.5. The number of methoxy groups -OCH3 is 2. The topological polar surface area (TPSA) is 63.2 Å². The molecule has 0 radical (unpaired) electrons. The van der Waals surface area contributed by atoms with Gasteiger partial charge in [0.05, 0.1) is 14.2 Å². The van der Waals surface area contributed by atoms with Crippen molar-refractivity contribution in [2.24, 2.45) is 5.10 Å². The molecular formula is C21H27N3O3. The summed E-state index contributed by atoms with van der Waals surface area (Å²) in [5.41, 5.74) is 3.37. The second-order valence-corrected chi connectivity index (χ2v) is 6.36. The maximum atomic E-state index is 12.7. The summed E-state index contributed by atoms with van der Waals surface area (Å²) in [5.74, 6) is 1.16. The van der Waals surface area contributed by atoms with Gasteiger partial charge in [0.25, 0.3) is 5.91 Å². The fourth-order valence-electron chi connectivity index (χ4n) is 2.59. The molecule has 1 N–H and O–H groups in total. The molecule has 0 unspecified atom stereocenters. The summed E-state index contributed by atoms with van der Waals surface area (Å²) in [6.45, 7) is 2.50. The van der Waals surface area contributed by atoms with Crippen molar-refractivity contribution in [3.63, 3.8) is 0 Å². The van der Waals surface area contributed by atoms with E-state index in [1.807, 2.05) is 49.4 Å². The number of aryl methyl sites for hydroxylation is 1. The first-order valence-corrected chi connectivity index (χ1v) is 8.76. The van der Waals surface area contributed by atoms with Crippen molar-refractivity contribution in [3.05, 3.63) is 59.2 Å². The maximum absolute atomic E-state index is 12.7. The highest BCUT2D eigenvalue weighted by Crippen LogP contribution is 2.27. The highest BCUT2D eigenvalue weighted by molar-refractivity contribution is 6.45. The van der Waals surface area contributed by atoms with E-state index in [0.29, 0.717) is 30.2 Å². The Morgan fingerprint density at radius 1 is 1.04 bits per heavy atom. The van der Waals surface area contributed by atoms with Crippen LogP contribution in [-0.4, -0.2) is 51.5 Å². The molecule has 0 aliphatic carbocycles. The van der Waals surface area contributed by atoms with Crippen LogP contribution >= 0.6 is 0 Å². The molecule has 1 amide bonds. The molecule has 0 bridgehead atoms. The Kier molecular flexibility index (Phi) is 7.23. The SMILES string of the molecule is COc1ccc(CCNC(=O)C(=NN(C)C)c2ccc(C)cc2)cc1OC. The molecule has 2 aromatic carbocycles. The van der Waals surface area contributed by atoms with Gasteiger partial charge in [0.15, 0.2) is 17.2 Å². The van der Waals surface area contributed by atoms with Crippen LogP contribution in [0, 0.1) is 6.92 Å². The molecular weight excluding hydrogens is 342 g/mol. The molecule has 0 saturated heterocycles. The van der Waals surface area contributed by atoms with Gasteiger partial charge in [-0.05, 0) is 31.0 Å². The van der Waals surface area contributed by atoms with Crippen LogP contribution in [0.15, 0.2) is 47.6 Å². The Labute approximate surface area is 160 Å². The van der Waals surface area contributed by atoms with Crippen LogP contribution in [0.3, 0.4) is 0 Å². The molecule has 0 heterocycles. The van der Waals surface area contributed by atoms with Gasteiger partial charge in [0, 0.05) is 26.2 Å². The van der Waals surface area contributed by atoms with Crippen LogP contribution in [0.4, 0.5) is 0 Å². The molecule has 0 saturated carbocycles. The van der Waals surface area contributed by atoms with E-state index in [0.717, 1.165) is 16.7 Å². The van der Waals surface area contributed by atoms with Gasteiger partial charge in [-0.15, -0.1) is 0 Å². The third kappa shape index (κ3) is 5.74. The molecule has 2 rings (SSSR count). The monoisotopic (exact) mass is 369 g/mol. The third-order valence-corrected chi connectivity index (χ3v) is 3.99. The van der Waals surface area contributed by atoms with Crippen LogP contribution in [0.1, 0.15) is 16.7 Å². The Morgan fingerprint density at radius 2 is 1.70 bits per heavy atom. The van der Waals surface area contributed by atoms with Gasteiger partial charge in [0.1, 0.15) is 0 Å². The fraction of sp³-hybridized carbons (Fsp3) is 0.333. The molecule has 2 aromatic rings. The first-order chi connectivity index (χ1) is 12.9. The van der Waals surface area contributed by atoms with Crippen molar-refractivity contribution in [3.8, 4) is 11.5 Å². The predicted molar refractivity (Wildman–Crippen MR) is 108 cm³/mol. The van der Waals surface area contributed by atoms with Crippen molar-refractivity contribution < 1.29 is 14.3 Å². The number of amides is 1. The van der Waals surface area contributed by atoms with E-state index in [4.69, 9.17) is 9.47 Å². The van der Waals surface area contributed by atoms with Crippen molar-refractivity contribution >= 4 is 11.6 Å². The normalized spacial score (nSPS) is 11.1. The number of hydrogen-bond acceptors (Lipinski definition) is 5. The highest BCUT2D eigenvalue weighted by Gasteiger charge is 2.14. The second kappa shape index (κ2) is 9.62. The van der Waals surface area contributed by atoms with Crippen LogP contribution in [0.5, 0.6) is 11.5 Å². The smallest absolute Gasteiger partial charge is 0.272 e. The van der Waals surface area contributed by atoms with Gasteiger partial charge in [-0.2, -0.15) is 5.10 Å². The van der Waals surface area contributed by atoms with Crippen molar-refractivity contribution in [1.82, 2.24) is 10.3 Å². The number of nitrogens with zero attached hydrogens (tertiary/aromatic N) is 2. The molecule has 6 nitrogen and oxygen atoms in total. The van der Waals surface area contributed by atoms with Crippen LogP contribution in [-0.2, 0) is 11.2 Å². The van der Waals surface area contributed by atoms with Gasteiger partial charge < -0.3 is 19.8 Å². The zero-order valence-electron chi connectivity index (χ0n) is 16.6. The maximum Gasteiger partial charge on any atom is 0.272 e. The fourth-order valence-corrected chi connectivity index (χ4v) is 2.59.